The summed E-state index contributed by atoms with van der Waals surface area (Å²) in [4.78, 5) is 31.2. The van der Waals surface area contributed by atoms with Crippen molar-refractivity contribution in [2.24, 2.45) is 10.9 Å². The zero-order chi connectivity index (χ0) is 21.9. The summed E-state index contributed by atoms with van der Waals surface area (Å²) < 4.78 is 32.1. The molecule has 1 aromatic rings. The lowest BCUT2D eigenvalue weighted by molar-refractivity contribution is -0.155. The number of fused-ring (bicyclic) bond motifs is 1. The maximum absolute atomic E-state index is 12.6. The Morgan fingerprint density at radius 2 is 1.66 bits per heavy atom. The normalized spacial score (nSPS) is 17.3. The Hall–Kier alpha value is -2.42. The van der Waals surface area contributed by atoms with E-state index in [1.165, 1.54) is 6.07 Å². The van der Waals surface area contributed by atoms with Gasteiger partial charge in [0.05, 0.1) is 4.90 Å². The van der Waals surface area contributed by atoms with Crippen LogP contribution in [0.1, 0.15) is 47.1 Å². The van der Waals surface area contributed by atoms with Crippen LogP contribution in [0.25, 0.3) is 0 Å². The second-order valence-corrected chi connectivity index (χ2v) is 9.52. The Bertz CT molecular complexity index is 898. The van der Waals surface area contributed by atoms with E-state index in [0.717, 1.165) is 0 Å². The monoisotopic (exact) mass is 423 g/mol. The Kier molecular flexibility index (Phi) is 7.05. The van der Waals surface area contributed by atoms with E-state index in [4.69, 9.17) is 4.74 Å². The number of hydrogen-bond donors (Lipinski definition) is 1. The van der Waals surface area contributed by atoms with E-state index < -0.39 is 22.0 Å². The minimum atomic E-state index is -3.70. The van der Waals surface area contributed by atoms with E-state index in [0.29, 0.717) is 5.56 Å². The molecule has 0 aliphatic carbocycles. The number of amides is 1. The first-order valence-electron chi connectivity index (χ1n) is 9.63. The summed E-state index contributed by atoms with van der Waals surface area (Å²) >= 11 is 0. The van der Waals surface area contributed by atoms with Crippen molar-refractivity contribution in [3.63, 3.8) is 0 Å². The van der Waals surface area contributed by atoms with Crippen LogP contribution < -0.4 is 4.72 Å². The molecular formula is C20H29N3O5S. The van der Waals surface area contributed by atoms with Crippen LogP contribution in [0, 0.1) is 5.92 Å². The third-order valence-electron chi connectivity index (χ3n) is 4.54. The number of rotatable bonds is 7. The lowest BCUT2D eigenvalue weighted by atomic mass is 10.1. The third kappa shape index (κ3) is 5.14. The maximum atomic E-state index is 12.6. The largest absolute Gasteiger partial charge is 0.454 e. The highest BCUT2D eigenvalue weighted by Gasteiger charge is 2.33. The quantitative estimate of drug-likeness (QED) is 0.675. The number of hydrogen-bond acceptors (Lipinski definition) is 6. The van der Waals surface area contributed by atoms with Crippen molar-refractivity contribution >= 4 is 27.7 Å². The molecule has 1 atom stereocenters. The van der Waals surface area contributed by atoms with Gasteiger partial charge in [0.2, 0.25) is 0 Å². The van der Waals surface area contributed by atoms with Crippen molar-refractivity contribution in [2.45, 2.75) is 64.6 Å². The average molecular weight is 424 g/mol. The molecule has 2 rings (SSSR count). The zero-order valence-electron chi connectivity index (χ0n) is 17.7. The van der Waals surface area contributed by atoms with Crippen LogP contribution >= 0.6 is 0 Å². The van der Waals surface area contributed by atoms with Crippen LogP contribution in [0.15, 0.2) is 34.2 Å². The lowest BCUT2D eigenvalue weighted by Crippen LogP contribution is -2.44. The maximum Gasteiger partial charge on any atom is 0.331 e. The number of amidine groups is 1. The lowest BCUT2D eigenvalue weighted by Gasteiger charge is -2.30. The molecule has 1 N–H and O–H groups in total. The molecule has 0 fully saturated rings. The number of carbonyl (C=O) groups is 2. The van der Waals surface area contributed by atoms with Gasteiger partial charge in [-0.2, -0.15) is 0 Å². The molecule has 1 aliphatic rings. The fourth-order valence-corrected chi connectivity index (χ4v) is 4.55. The minimum absolute atomic E-state index is 0.0215. The smallest absolute Gasteiger partial charge is 0.331 e. The molecule has 8 nitrogen and oxygen atoms in total. The van der Waals surface area contributed by atoms with Gasteiger partial charge in [-0.1, -0.05) is 26.0 Å². The molecule has 0 unspecified atom stereocenters. The van der Waals surface area contributed by atoms with Gasteiger partial charge in [0.1, 0.15) is 5.84 Å². The number of nitrogens with zero attached hydrogens (tertiary/aromatic N) is 2. The predicted molar refractivity (Wildman–Crippen MR) is 110 cm³/mol. The minimum Gasteiger partial charge on any atom is -0.454 e. The summed E-state index contributed by atoms with van der Waals surface area (Å²) in [5, 5.41) is 0. The molecule has 160 valence electrons. The fourth-order valence-electron chi connectivity index (χ4n) is 3.31. The summed E-state index contributed by atoms with van der Waals surface area (Å²) in [6.07, 6.45) is 0. The zero-order valence-corrected chi connectivity index (χ0v) is 18.5. The second-order valence-electron chi connectivity index (χ2n) is 7.86. The SMILES string of the molecule is CC(C)[C@H](N=C1NS(=O)(=O)c2ccccc21)C(=O)OCC(=O)N(C(C)C)C(C)C. The van der Waals surface area contributed by atoms with E-state index in [1.54, 1.807) is 36.9 Å². The molecule has 1 amide bonds. The summed E-state index contributed by atoms with van der Waals surface area (Å²) in [6, 6.07) is 5.44. The first-order chi connectivity index (χ1) is 13.5. The molecule has 29 heavy (non-hydrogen) atoms. The highest BCUT2D eigenvalue weighted by atomic mass is 32.2. The third-order valence-corrected chi connectivity index (χ3v) is 5.94. The van der Waals surface area contributed by atoms with E-state index in [2.05, 4.69) is 9.71 Å². The van der Waals surface area contributed by atoms with Crippen molar-refractivity contribution in [3.05, 3.63) is 29.8 Å². The molecule has 1 aromatic carbocycles. The van der Waals surface area contributed by atoms with Crippen molar-refractivity contribution in [2.75, 3.05) is 6.61 Å². The van der Waals surface area contributed by atoms with E-state index in [9.17, 15) is 18.0 Å². The van der Waals surface area contributed by atoms with Crippen LogP contribution in [0.4, 0.5) is 0 Å². The summed E-state index contributed by atoms with van der Waals surface area (Å²) in [5.41, 5.74) is 0.410. The Labute approximate surface area is 172 Å². The van der Waals surface area contributed by atoms with Crippen LogP contribution in [0.3, 0.4) is 0 Å². The van der Waals surface area contributed by atoms with Gasteiger partial charge in [-0.15, -0.1) is 0 Å². The summed E-state index contributed by atoms with van der Waals surface area (Å²) in [7, 11) is -3.70. The fraction of sp³-hybridized carbons (Fsp3) is 0.550. The first-order valence-corrected chi connectivity index (χ1v) is 11.1. The summed E-state index contributed by atoms with van der Waals surface area (Å²) in [6.45, 7) is 10.8. The van der Waals surface area contributed by atoms with Gasteiger partial charge < -0.3 is 9.64 Å². The molecule has 0 radical (unpaired) electrons. The number of nitrogens with one attached hydrogen (secondary N) is 1. The predicted octanol–water partition coefficient (Wildman–Crippen LogP) is 1.94. The molecule has 9 heteroatoms. The van der Waals surface area contributed by atoms with Crippen LogP contribution in [-0.4, -0.2) is 55.8 Å². The molecule has 0 saturated heterocycles. The number of benzene rings is 1. The first kappa shape index (κ1) is 22.9. The molecule has 1 heterocycles. The van der Waals surface area contributed by atoms with Gasteiger partial charge in [-0.05, 0) is 45.7 Å². The number of carbonyl (C=O) groups excluding carboxylic acids is 2. The Morgan fingerprint density at radius 1 is 1.07 bits per heavy atom. The topological polar surface area (TPSA) is 105 Å². The van der Waals surface area contributed by atoms with E-state index in [-0.39, 0.29) is 41.2 Å². The van der Waals surface area contributed by atoms with E-state index in [1.807, 2.05) is 27.7 Å². The number of ether oxygens (including phenoxy) is 1. The van der Waals surface area contributed by atoms with E-state index >= 15 is 0 Å². The van der Waals surface area contributed by atoms with Crippen LogP contribution in [0.2, 0.25) is 0 Å². The number of sulfonamides is 1. The average Bonchev–Trinajstić information content (AvgIpc) is 2.87. The molecule has 0 spiro atoms. The van der Waals surface area contributed by atoms with Gasteiger partial charge in [-0.3, -0.25) is 14.5 Å². The van der Waals surface area contributed by atoms with Gasteiger partial charge in [0.15, 0.2) is 12.6 Å². The Balaban J connectivity index is 2.20. The van der Waals surface area contributed by atoms with Crippen molar-refractivity contribution in [1.82, 2.24) is 9.62 Å². The van der Waals surface area contributed by atoms with Gasteiger partial charge in [0.25, 0.3) is 15.9 Å². The van der Waals surface area contributed by atoms with Crippen molar-refractivity contribution in [1.29, 1.82) is 0 Å². The van der Waals surface area contributed by atoms with Crippen molar-refractivity contribution in [3.8, 4) is 0 Å². The molecule has 1 aliphatic heterocycles. The van der Waals surface area contributed by atoms with Gasteiger partial charge >= 0.3 is 5.97 Å². The highest BCUT2D eigenvalue weighted by Crippen LogP contribution is 2.23. The van der Waals surface area contributed by atoms with Crippen molar-refractivity contribution < 1.29 is 22.7 Å². The number of esters is 1. The second kappa shape index (κ2) is 8.94. The Morgan fingerprint density at radius 3 is 2.21 bits per heavy atom. The molecular weight excluding hydrogens is 394 g/mol. The number of aliphatic imine (C=N–C) groups is 1. The van der Waals surface area contributed by atoms with Gasteiger partial charge in [0, 0.05) is 17.6 Å². The van der Waals surface area contributed by atoms with Crippen LogP contribution in [-0.2, 0) is 24.3 Å². The molecule has 0 aromatic heterocycles. The molecule has 0 bridgehead atoms. The van der Waals surface area contributed by atoms with Crippen LogP contribution in [0.5, 0.6) is 0 Å². The summed E-state index contributed by atoms with van der Waals surface area (Å²) in [5.74, 6) is -1.11. The standard InChI is InChI=1S/C20H29N3O5S/c1-12(2)18(20(25)28-11-17(24)23(13(3)4)14(5)6)21-19-15-9-7-8-10-16(15)29(26,27)22-19/h7-10,12-14,18H,11H2,1-6H3,(H,21,22)/t18-/m0/s1. The van der Waals surface area contributed by atoms with Gasteiger partial charge in [-0.25, -0.2) is 13.2 Å². The highest BCUT2D eigenvalue weighted by molar-refractivity contribution is 7.90. The molecule has 0 saturated carbocycles.